The van der Waals surface area contributed by atoms with Crippen molar-refractivity contribution < 1.29 is 4.74 Å². The number of ether oxygens (including phenoxy) is 1. The number of hydrogen-bond donors (Lipinski definition) is 1. The molecule has 4 nitrogen and oxygen atoms in total. The molecule has 0 saturated heterocycles. The fraction of sp³-hybridized carbons (Fsp3) is 0.333. The quantitative estimate of drug-likeness (QED) is 0.908. The molecule has 0 aliphatic rings. The van der Waals surface area contributed by atoms with Gasteiger partial charge in [-0.1, -0.05) is 29.0 Å². The smallest absolute Gasteiger partial charge is 0.203 e. The zero-order valence-corrected chi connectivity index (χ0v) is 10.9. The summed E-state index contributed by atoms with van der Waals surface area (Å²) >= 11 is 1.35. The Kier molecular flexibility index (Phi) is 3.28. The molecule has 0 aliphatic carbocycles. The lowest BCUT2D eigenvalue weighted by Crippen LogP contribution is -2.03. The molecule has 1 aromatic carbocycles. The fourth-order valence-electron chi connectivity index (χ4n) is 1.58. The third-order valence-corrected chi connectivity index (χ3v) is 3.35. The van der Waals surface area contributed by atoms with E-state index in [4.69, 9.17) is 10.5 Å². The van der Waals surface area contributed by atoms with Crippen molar-refractivity contribution in [2.75, 3.05) is 5.73 Å². The van der Waals surface area contributed by atoms with Crippen molar-refractivity contribution in [2.45, 2.75) is 26.9 Å². The van der Waals surface area contributed by atoms with E-state index in [1.54, 1.807) is 0 Å². The van der Waals surface area contributed by atoms with E-state index < -0.39 is 0 Å². The molecule has 1 unspecified atom stereocenters. The summed E-state index contributed by atoms with van der Waals surface area (Å²) in [6.45, 7) is 6.04. The average Bonchev–Trinajstić information content (AvgIpc) is 2.69. The first-order valence-corrected chi connectivity index (χ1v) is 6.20. The summed E-state index contributed by atoms with van der Waals surface area (Å²) in [6, 6.07) is 6.10. The molecule has 1 heterocycles. The Morgan fingerprint density at radius 2 is 2.06 bits per heavy atom. The van der Waals surface area contributed by atoms with Crippen LogP contribution in [0.5, 0.6) is 5.75 Å². The summed E-state index contributed by atoms with van der Waals surface area (Å²) in [4.78, 5) is 0. The third kappa shape index (κ3) is 2.74. The van der Waals surface area contributed by atoms with Crippen LogP contribution in [-0.4, -0.2) is 10.2 Å². The first-order chi connectivity index (χ1) is 8.06. The van der Waals surface area contributed by atoms with Gasteiger partial charge in [0.05, 0.1) is 0 Å². The van der Waals surface area contributed by atoms with E-state index >= 15 is 0 Å². The maximum absolute atomic E-state index is 5.85. The van der Waals surface area contributed by atoms with E-state index in [-0.39, 0.29) is 6.10 Å². The van der Waals surface area contributed by atoms with Crippen LogP contribution in [0.15, 0.2) is 18.2 Å². The number of benzene rings is 1. The van der Waals surface area contributed by atoms with Crippen LogP contribution >= 0.6 is 11.3 Å². The number of aromatic nitrogens is 2. The van der Waals surface area contributed by atoms with Gasteiger partial charge in [-0.3, -0.25) is 0 Å². The van der Waals surface area contributed by atoms with Crippen molar-refractivity contribution in [3.63, 3.8) is 0 Å². The van der Waals surface area contributed by atoms with Crippen molar-refractivity contribution in [2.24, 2.45) is 0 Å². The van der Waals surface area contributed by atoms with Crippen molar-refractivity contribution in [1.29, 1.82) is 0 Å². The molecule has 0 fully saturated rings. The number of hydrogen-bond acceptors (Lipinski definition) is 5. The first-order valence-electron chi connectivity index (χ1n) is 5.39. The van der Waals surface area contributed by atoms with Gasteiger partial charge in [-0.15, -0.1) is 10.2 Å². The van der Waals surface area contributed by atoms with Gasteiger partial charge in [-0.05, 0) is 32.4 Å². The molecule has 5 heteroatoms. The second-order valence-corrected chi connectivity index (χ2v) is 5.05. The largest absolute Gasteiger partial charge is 0.483 e. The van der Waals surface area contributed by atoms with Crippen molar-refractivity contribution in [3.05, 3.63) is 34.3 Å². The lowest BCUT2D eigenvalue weighted by Gasteiger charge is -2.14. The molecule has 1 aromatic heterocycles. The van der Waals surface area contributed by atoms with Gasteiger partial charge in [0.2, 0.25) is 5.13 Å². The molecule has 2 rings (SSSR count). The van der Waals surface area contributed by atoms with Crippen LogP contribution < -0.4 is 10.5 Å². The average molecular weight is 249 g/mol. The van der Waals surface area contributed by atoms with Crippen molar-refractivity contribution in [1.82, 2.24) is 10.2 Å². The maximum Gasteiger partial charge on any atom is 0.203 e. The van der Waals surface area contributed by atoms with Gasteiger partial charge in [-0.2, -0.15) is 0 Å². The van der Waals surface area contributed by atoms with Crippen LogP contribution in [0.2, 0.25) is 0 Å². The minimum Gasteiger partial charge on any atom is -0.483 e. The van der Waals surface area contributed by atoms with Gasteiger partial charge < -0.3 is 10.5 Å². The van der Waals surface area contributed by atoms with Gasteiger partial charge in [0.1, 0.15) is 11.9 Å². The Labute approximate surface area is 104 Å². The zero-order chi connectivity index (χ0) is 12.4. The van der Waals surface area contributed by atoms with Crippen LogP contribution in [0.3, 0.4) is 0 Å². The van der Waals surface area contributed by atoms with E-state index in [9.17, 15) is 0 Å². The molecular weight excluding hydrogens is 234 g/mol. The second kappa shape index (κ2) is 4.71. The molecular formula is C12H15N3OS. The van der Waals surface area contributed by atoms with Crippen molar-refractivity contribution >= 4 is 16.5 Å². The highest BCUT2D eigenvalue weighted by Gasteiger charge is 2.13. The topological polar surface area (TPSA) is 61.0 Å². The van der Waals surface area contributed by atoms with Gasteiger partial charge in [0.15, 0.2) is 5.01 Å². The Morgan fingerprint density at radius 1 is 1.29 bits per heavy atom. The molecule has 0 radical (unpaired) electrons. The number of nitrogens with zero attached hydrogens (tertiary/aromatic N) is 2. The van der Waals surface area contributed by atoms with E-state index in [1.807, 2.05) is 26.0 Å². The van der Waals surface area contributed by atoms with Crippen LogP contribution in [0.4, 0.5) is 5.13 Å². The van der Waals surface area contributed by atoms with Crippen LogP contribution in [0.1, 0.15) is 29.2 Å². The molecule has 17 heavy (non-hydrogen) atoms. The van der Waals surface area contributed by atoms with Gasteiger partial charge in [-0.25, -0.2) is 0 Å². The SMILES string of the molecule is Cc1ccc(OC(C)c2nnc(N)s2)c(C)c1. The molecule has 2 aromatic rings. The predicted molar refractivity (Wildman–Crippen MR) is 69.3 cm³/mol. The molecule has 2 N–H and O–H groups in total. The summed E-state index contributed by atoms with van der Waals surface area (Å²) in [6.07, 6.45) is -0.133. The molecule has 90 valence electrons. The lowest BCUT2D eigenvalue weighted by atomic mass is 10.1. The van der Waals surface area contributed by atoms with Gasteiger partial charge in [0.25, 0.3) is 0 Å². The summed E-state index contributed by atoms with van der Waals surface area (Å²) in [7, 11) is 0. The highest BCUT2D eigenvalue weighted by molar-refractivity contribution is 7.15. The maximum atomic E-state index is 5.85. The minimum absolute atomic E-state index is 0.133. The number of anilines is 1. The number of nitrogen functional groups attached to an aromatic ring is 1. The monoisotopic (exact) mass is 249 g/mol. The standard InChI is InChI=1S/C12H15N3OS/c1-7-4-5-10(8(2)6-7)16-9(3)11-14-15-12(13)17-11/h4-6,9H,1-3H3,(H2,13,15). The molecule has 0 amide bonds. The Hall–Kier alpha value is -1.62. The van der Waals surface area contributed by atoms with Crippen LogP contribution in [0.25, 0.3) is 0 Å². The number of nitrogens with two attached hydrogens (primary N) is 1. The Morgan fingerprint density at radius 3 is 2.65 bits per heavy atom. The zero-order valence-electron chi connectivity index (χ0n) is 10.1. The summed E-state index contributed by atoms with van der Waals surface area (Å²) in [5.41, 5.74) is 7.89. The number of aryl methyl sites for hydroxylation is 2. The summed E-state index contributed by atoms with van der Waals surface area (Å²) < 4.78 is 5.85. The molecule has 0 bridgehead atoms. The molecule has 1 atom stereocenters. The normalized spacial score (nSPS) is 12.4. The number of rotatable bonds is 3. The van der Waals surface area contributed by atoms with Crippen LogP contribution in [-0.2, 0) is 0 Å². The highest BCUT2D eigenvalue weighted by Crippen LogP contribution is 2.27. The summed E-state index contributed by atoms with van der Waals surface area (Å²) in [5, 5.41) is 9.02. The molecule has 0 saturated carbocycles. The van der Waals surface area contributed by atoms with Crippen molar-refractivity contribution in [3.8, 4) is 5.75 Å². The second-order valence-electron chi connectivity index (χ2n) is 4.01. The fourth-order valence-corrected chi connectivity index (χ4v) is 2.17. The van der Waals surface area contributed by atoms with Gasteiger partial charge >= 0.3 is 0 Å². The van der Waals surface area contributed by atoms with E-state index in [0.29, 0.717) is 5.13 Å². The minimum atomic E-state index is -0.133. The summed E-state index contributed by atoms with van der Waals surface area (Å²) in [5.74, 6) is 0.872. The molecule has 0 aliphatic heterocycles. The third-order valence-electron chi connectivity index (χ3n) is 2.44. The predicted octanol–water partition coefficient (Wildman–Crippen LogP) is 2.88. The van der Waals surface area contributed by atoms with Gasteiger partial charge in [0, 0.05) is 0 Å². The first kappa shape index (κ1) is 11.9. The van der Waals surface area contributed by atoms with E-state index in [1.165, 1.54) is 16.9 Å². The Balaban J connectivity index is 2.15. The Bertz CT molecular complexity index is 524. The lowest BCUT2D eigenvalue weighted by molar-refractivity contribution is 0.224. The molecule has 0 spiro atoms. The van der Waals surface area contributed by atoms with E-state index in [2.05, 4.69) is 23.2 Å². The van der Waals surface area contributed by atoms with E-state index in [0.717, 1.165) is 16.3 Å². The highest BCUT2D eigenvalue weighted by atomic mass is 32.1. The van der Waals surface area contributed by atoms with Crippen LogP contribution in [0, 0.1) is 13.8 Å².